The van der Waals surface area contributed by atoms with E-state index < -0.39 is 0 Å². The minimum Gasteiger partial charge on any atom is -0.383 e. The Kier molecular flexibility index (Phi) is 5.27. The number of nitrogens with zero attached hydrogens (tertiary/aromatic N) is 2. The number of nitrogens with one attached hydrogen (secondary N) is 1. The van der Waals surface area contributed by atoms with Crippen LogP contribution in [0.4, 0.5) is 0 Å². The maximum atomic E-state index is 12.3. The molecule has 0 saturated heterocycles. The first-order valence-electron chi connectivity index (χ1n) is 7.66. The maximum absolute atomic E-state index is 12.3. The maximum Gasteiger partial charge on any atom is 0.251 e. The summed E-state index contributed by atoms with van der Waals surface area (Å²) in [6.45, 7) is 1.65. The van der Waals surface area contributed by atoms with Crippen molar-refractivity contribution in [3.05, 3.63) is 64.4 Å². The van der Waals surface area contributed by atoms with Crippen LogP contribution in [0.5, 0.6) is 0 Å². The standard InChI is InChI=1S/C18H18BrN3O2/c1-24-10-9-22-16-8-3-2-7-15(16)21-17(22)12-20-18(23)13-5-4-6-14(19)11-13/h2-8,11H,9-10,12H2,1H3,(H,20,23). The fraction of sp³-hybridized carbons (Fsp3) is 0.222. The van der Waals surface area contributed by atoms with E-state index in [4.69, 9.17) is 4.74 Å². The molecule has 0 unspecified atom stereocenters. The van der Waals surface area contributed by atoms with E-state index in [0.29, 0.717) is 25.3 Å². The molecule has 0 aliphatic carbocycles. The predicted octanol–water partition coefficient (Wildman–Crippen LogP) is 3.38. The van der Waals surface area contributed by atoms with Gasteiger partial charge in [0.2, 0.25) is 0 Å². The van der Waals surface area contributed by atoms with Crippen LogP contribution in [-0.4, -0.2) is 29.2 Å². The largest absolute Gasteiger partial charge is 0.383 e. The van der Waals surface area contributed by atoms with Crippen molar-refractivity contribution < 1.29 is 9.53 Å². The lowest BCUT2D eigenvalue weighted by molar-refractivity contribution is 0.0949. The average molecular weight is 388 g/mol. The molecule has 5 nitrogen and oxygen atoms in total. The van der Waals surface area contributed by atoms with E-state index in [-0.39, 0.29) is 5.91 Å². The molecule has 1 N–H and O–H groups in total. The summed E-state index contributed by atoms with van der Waals surface area (Å²) in [4.78, 5) is 16.9. The Bertz CT molecular complexity index is 860. The Morgan fingerprint density at radius 3 is 2.88 bits per heavy atom. The SMILES string of the molecule is COCCn1c(CNC(=O)c2cccc(Br)c2)nc2ccccc21. The molecule has 0 spiro atoms. The predicted molar refractivity (Wildman–Crippen MR) is 96.9 cm³/mol. The molecule has 1 aromatic heterocycles. The van der Waals surface area contributed by atoms with Gasteiger partial charge in [0, 0.05) is 23.7 Å². The molecule has 0 bridgehead atoms. The highest BCUT2D eigenvalue weighted by atomic mass is 79.9. The van der Waals surface area contributed by atoms with Crippen molar-refractivity contribution in [2.24, 2.45) is 0 Å². The van der Waals surface area contributed by atoms with Crippen LogP contribution >= 0.6 is 15.9 Å². The van der Waals surface area contributed by atoms with E-state index in [1.807, 2.05) is 36.4 Å². The van der Waals surface area contributed by atoms with E-state index in [9.17, 15) is 4.79 Å². The Labute approximate surface area is 148 Å². The highest BCUT2D eigenvalue weighted by Crippen LogP contribution is 2.16. The van der Waals surface area contributed by atoms with Gasteiger partial charge in [0.1, 0.15) is 5.82 Å². The molecule has 3 rings (SSSR count). The number of fused-ring (bicyclic) bond motifs is 1. The monoisotopic (exact) mass is 387 g/mol. The third-order valence-corrected chi connectivity index (χ3v) is 4.24. The first kappa shape index (κ1) is 16.7. The Balaban J connectivity index is 1.80. The molecule has 1 heterocycles. The van der Waals surface area contributed by atoms with Crippen LogP contribution in [0.25, 0.3) is 11.0 Å². The molecule has 0 saturated carbocycles. The summed E-state index contributed by atoms with van der Waals surface area (Å²) in [5.41, 5.74) is 2.57. The molecular formula is C18H18BrN3O2. The number of carbonyl (C=O) groups excluding carboxylic acids is 1. The van der Waals surface area contributed by atoms with Gasteiger partial charge in [-0.05, 0) is 30.3 Å². The third-order valence-electron chi connectivity index (χ3n) is 3.75. The Hall–Kier alpha value is -2.18. The first-order chi connectivity index (χ1) is 11.7. The molecule has 1 amide bonds. The molecule has 124 valence electrons. The van der Waals surface area contributed by atoms with Crippen LogP contribution in [-0.2, 0) is 17.8 Å². The van der Waals surface area contributed by atoms with Gasteiger partial charge < -0.3 is 14.6 Å². The van der Waals surface area contributed by atoms with Crippen molar-refractivity contribution in [1.29, 1.82) is 0 Å². The van der Waals surface area contributed by atoms with E-state index in [0.717, 1.165) is 21.3 Å². The Morgan fingerprint density at radius 1 is 1.25 bits per heavy atom. The zero-order valence-electron chi connectivity index (χ0n) is 13.3. The van der Waals surface area contributed by atoms with Crippen LogP contribution in [0, 0.1) is 0 Å². The third kappa shape index (κ3) is 3.66. The van der Waals surface area contributed by atoms with Gasteiger partial charge in [-0.2, -0.15) is 0 Å². The van der Waals surface area contributed by atoms with Crippen LogP contribution in [0.1, 0.15) is 16.2 Å². The molecule has 0 fully saturated rings. The number of para-hydroxylation sites is 2. The number of methoxy groups -OCH3 is 1. The van der Waals surface area contributed by atoms with Crippen molar-refractivity contribution in [2.75, 3.05) is 13.7 Å². The average Bonchev–Trinajstić information content (AvgIpc) is 2.95. The van der Waals surface area contributed by atoms with E-state index >= 15 is 0 Å². The zero-order valence-corrected chi connectivity index (χ0v) is 14.9. The van der Waals surface area contributed by atoms with Crippen LogP contribution in [0.15, 0.2) is 53.0 Å². The van der Waals surface area contributed by atoms with Gasteiger partial charge in [0.05, 0.1) is 24.2 Å². The summed E-state index contributed by atoms with van der Waals surface area (Å²) in [6, 6.07) is 15.2. The zero-order chi connectivity index (χ0) is 16.9. The summed E-state index contributed by atoms with van der Waals surface area (Å²) < 4.78 is 8.15. The molecule has 3 aromatic rings. The fourth-order valence-electron chi connectivity index (χ4n) is 2.58. The molecule has 0 aliphatic heterocycles. The number of benzene rings is 2. The topological polar surface area (TPSA) is 56.1 Å². The first-order valence-corrected chi connectivity index (χ1v) is 8.45. The highest BCUT2D eigenvalue weighted by molar-refractivity contribution is 9.10. The molecule has 0 radical (unpaired) electrons. The lowest BCUT2D eigenvalue weighted by atomic mass is 10.2. The second-order valence-corrected chi connectivity index (χ2v) is 6.27. The van der Waals surface area contributed by atoms with Gasteiger partial charge in [-0.3, -0.25) is 4.79 Å². The molecule has 0 atom stereocenters. The van der Waals surface area contributed by atoms with Gasteiger partial charge in [-0.25, -0.2) is 4.98 Å². The normalized spacial score (nSPS) is 10.9. The van der Waals surface area contributed by atoms with Crippen LogP contribution in [0.3, 0.4) is 0 Å². The summed E-state index contributed by atoms with van der Waals surface area (Å²) in [5, 5.41) is 2.94. The Morgan fingerprint density at radius 2 is 2.08 bits per heavy atom. The summed E-state index contributed by atoms with van der Waals surface area (Å²) >= 11 is 3.38. The van der Waals surface area contributed by atoms with Gasteiger partial charge in [0.15, 0.2) is 0 Å². The van der Waals surface area contributed by atoms with Gasteiger partial charge in [0.25, 0.3) is 5.91 Å². The smallest absolute Gasteiger partial charge is 0.251 e. The second kappa shape index (κ2) is 7.59. The number of amides is 1. The lowest BCUT2D eigenvalue weighted by Gasteiger charge is -2.10. The fourth-order valence-corrected chi connectivity index (χ4v) is 2.98. The number of rotatable bonds is 6. The highest BCUT2D eigenvalue weighted by Gasteiger charge is 2.12. The molecule has 24 heavy (non-hydrogen) atoms. The van der Waals surface area contributed by atoms with Crippen molar-refractivity contribution in [3.8, 4) is 0 Å². The van der Waals surface area contributed by atoms with E-state index in [2.05, 4.69) is 30.8 Å². The van der Waals surface area contributed by atoms with Crippen molar-refractivity contribution in [3.63, 3.8) is 0 Å². The van der Waals surface area contributed by atoms with Gasteiger partial charge in [-0.1, -0.05) is 34.1 Å². The molecule has 2 aromatic carbocycles. The number of hydrogen-bond acceptors (Lipinski definition) is 3. The minimum absolute atomic E-state index is 0.123. The number of ether oxygens (including phenoxy) is 1. The quantitative estimate of drug-likeness (QED) is 0.705. The summed E-state index contributed by atoms with van der Waals surface area (Å²) in [5.74, 6) is 0.693. The van der Waals surface area contributed by atoms with Crippen LogP contribution < -0.4 is 5.32 Å². The van der Waals surface area contributed by atoms with Crippen molar-refractivity contribution >= 4 is 32.9 Å². The van der Waals surface area contributed by atoms with E-state index in [1.54, 1.807) is 19.2 Å². The number of halogens is 1. The molecule has 0 aliphatic rings. The molecule has 6 heteroatoms. The number of hydrogen-bond donors (Lipinski definition) is 1. The second-order valence-electron chi connectivity index (χ2n) is 5.35. The molecular weight excluding hydrogens is 370 g/mol. The number of carbonyl (C=O) groups is 1. The summed E-state index contributed by atoms with van der Waals surface area (Å²) in [7, 11) is 1.67. The number of aromatic nitrogens is 2. The van der Waals surface area contributed by atoms with Gasteiger partial charge >= 0.3 is 0 Å². The lowest BCUT2D eigenvalue weighted by Crippen LogP contribution is -2.25. The van der Waals surface area contributed by atoms with Crippen LogP contribution in [0.2, 0.25) is 0 Å². The minimum atomic E-state index is -0.123. The van der Waals surface area contributed by atoms with Crippen molar-refractivity contribution in [1.82, 2.24) is 14.9 Å². The van der Waals surface area contributed by atoms with E-state index in [1.165, 1.54) is 0 Å². The van der Waals surface area contributed by atoms with Gasteiger partial charge in [-0.15, -0.1) is 0 Å². The van der Waals surface area contributed by atoms with Crippen molar-refractivity contribution in [2.45, 2.75) is 13.1 Å². The summed E-state index contributed by atoms with van der Waals surface area (Å²) in [6.07, 6.45) is 0. The number of imidazole rings is 1.